The standard InChI is InChI=1S/C33H43N3O4S/c1-24(2)34-33(38)31(22-28-11-8-7-9-12-28)35(23-29-18-15-25(3)16-19-29)32(37)13-10-20-36(41(6,39)40)30-21-26(4)14-17-27(30)5/h7-9,11-12,14-19,21,24,31H,10,13,20,22-23H2,1-6H3,(H,34,38)/t31-/m1/s1. The summed E-state index contributed by atoms with van der Waals surface area (Å²) in [5.41, 5.74) is 5.41. The average Bonchev–Trinajstić information content (AvgIpc) is 2.90. The van der Waals surface area contributed by atoms with E-state index in [1.807, 2.05) is 107 Å². The Bertz CT molecular complexity index is 1420. The number of benzene rings is 3. The topological polar surface area (TPSA) is 86.8 Å². The molecule has 0 saturated carbocycles. The zero-order valence-corrected chi connectivity index (χ0v) is 25.9. The quantitative estimate of drug-likeness (QED) is 0.298. The van der Waals surface area contributed by atoms with Crippen molar-refractivity contribution < 1.29 is 18.0 Å². The summed E-state index contributed by atoms with van der Waals surface area (Å²) >= 11 is 0. The number of nitrogens with zero attached hydrogens (tertiary/aromatic N) is 2. The molecule has 1 N–H and O–H groups in total. The van der Waals surface area contributed by atoms with Crippen LogP contribution in [0, 0.1) is 20.8 Å². The molecule has 41 heavy (non-hydrogen) atoms. The molecule has 2 amide bonds. The first-order chi connectivity index (χ1) is 19.3. The summed E-state index contributed by atoms with van der Waals surface area (Å²) in [6.07, 6.45) is 1.97. The fourth-order valence-corrected chi connectivity index (χ4v) is 5.81. The van der Waals surface area contributed by atoms with Crippen LogP contribution in [0.25, 0.3) is 0 Å². The Balaban J connectivity index is 1.89. The van der Waals surface area contributed by atoms with Gasteiger partial charge in [-0.1, -0.05) is 72.3 Å². The Kier molecular flexibility index (Phi) is 11.1. The van der Waals surface area contributed by atoms with Crippen molar-refractivity contribution >= 4 is 27.5 Å². The summed E-state index contributed by atoms with van der Waals surface area (Å²) in [5, 5.41) is 3.00. The van der Waals surface area contributed by atoms with Gasteiger partial charge in [0, 0.05) is 32.0 Å². The minimum atomic E-state index is -3.57. The Hall–Kier alpha value is -3.65. The number of amides is 2. The summed E-state index contributed by atoms with van der Waals surface area (Å²) in [7, 11) is -3.57. The van der Waals surface area contributed by atoms with E-state index < -0.39 is 16.1 Å². The van der Waals surface area contributed by atoms with E-state index in [-0.39, 0.29) is 37.4 Å². The molecule has 0 unspecified atom stereocenters. The maximum atomic E-state index is 13.9. The van der Waals surface area contributed by atoms with E-state index >= 15 is 0 Å². The molecular weight excluding hydrogens is 534 g/mol. The largest absolute Gasteiger partial charge is 0.352 e. The van der Waals surface area contributed by atoms with Gasteiger partial charge in [-0.25, -0.2) is 8.42 Å². The molecule has 0 bridgehead atoms. The van der Waals surface area contributed by atoms with Crippen molar-refractivity contribution in [1.29, 1.82) is 0 Å². The van der Waals surface area contributed by atoms with Gasteiger partial charge < -0.3 is 10.2 Å². The zero-order valence-electron chi connectivity index (χ0n) is 25.1. The van der Waals surface area contributed by atoms with Crippen LogP contribution >= 0.6 is 0 Å². The van der Waals surface area contributed by atoms with Crippen LogP contribution in [0.4, 0.5) is 5.69 Å². The Labute approximate surface area is 245 Å². The minimum absolute atomic E-state index is 0.0852. The summed E-state index contributed by atoms with van der Waals surface area (Å²) in [6, 6.07) is 22.5. The lowest BCUT2D eigenvalue weighted by molar-refractivity contribution is -0.141. The van der Waals surface area contributed by atoms with Gasteiger partial charge in [0.2, 0.25) is 21.8 Å². The number of carbonyl (C=O) groups is 2. The van der Waals surface area contributed by atoms with Crippen molar-refractivity contribution in [3.8, 4) is 0 Å². The summed E-state index contributed by atoms with van der Waals surface area (Å²) in [4.78, 5) is 29.1. The number of anilines is 1. The number of hydrogen-bond donors (Lipinski definition) is 1. The van der Waals surface area contributed by atoms with Crippen molar-refractivity contribution in [1.82, 2.24) is 10.2 Å². The van der Waals surface area contributed by atoms with Gasteiger partial charge in [0.15, 0.2) is 0 Å². The van der Waals surface area contributed by atoms with Crippen LogP contribution in [0.5, 0.6) is 0 Å². The first-order valence-electron chi connectivity index (χ1n) is 14.1. The van der Waals surface area contributed by atoms with Gasteiger partial charge in [0.05, 0.1) is 11.9 Å². The summed E-state index contributed by atoms with van der Waals surface area (Å²) in [6.45, 7) is 10.0. The van der Waals surface area contributed by atoms with Crippen molar-refractivity contribution in [3.05, 3.63) is 101 Å². The molecule has 0 heterocycles. The molecule has 3 rings (SSSR count). The molecule has 0 saturated heterocycles. The molecule has 0 aliphatic heterocycles. The molecule has 8 heteroatoms. The third-order valence-electron chi connectivity index (χ3n) is 6.96. The SMILES string of the molecule is Cc1ccc(CN(C(=O)CCCN(c2cc(C)ccc2C)S(C)(=O)=O)[C@H](Cc2ccccc2)C(=O)NC(C)C)cc1. The Morgan fingerprint density at radius 3 is 2.10 bits per heavy atom. The monoisotopic (exact) mass is 577 g/mol. The molecule has 7 nitrogen and oxygen atoms in total. The van der Waals surface area contributed by atoms with Gasteiger partial charge in [-0.15, -0.1) is 0 Å². The second-order valence-electron chi connectivity index (χ2n) is 11.1. The number of rotatable bonds is 13. The van der Waals surface area contributed by atoms with Gasteiger partial charge in [-0.3, -0.25) is 13.9 Å². The van der Waals surface area contributed by atoms with Crippen molar-refractivity contribution in [2.75, 3.05) is 17.1 Å². The van der Waals surface area contributed by atoms with Gasteiger partial charge in [-0.05, 0) is 69.4 Å². The fourth-order valence-electron chi connectivity index (χ4n) is 4.80. The maximum absolute atomic E-state index is 13.9. The Morgan fingerprint density at radius 1 is 0.854 bits per heavy atom. The molecule has 220 valence electrons. The smallest absolute Gasteiger partial charge is 0.243 e. The predicted octanol–water partition coefficient (Wildman–Crippen LogP) is 5.32. The van der Waals surface area contributed by atoms with Gasteiger partial charge in [0.1, 0.15) is 6.04 Å². The molecule has 0 radical (unpaired) electrons. The number of hydrogen-bond acceptors (Lipinski definition) is 4. The summed E-state index contributed by atoms with van der Waals surface area (Å²) in [5.74, 6) is -0.405. The second-order valence-corrected chi connectivity index (χ2v) is 13.0. The van der Waals surface area contributed by atoms with E-state index in [0.717, 1.165) is 27.8 Å². The Morgan fingerprint density at radius 2 is 1.49 bits per heavy atom. The van der Waals surface area contributed by atoms with Crippen molar-refractivity contribution in [3.63, 3.8) is 0 Å². The van der Waals surface area contributed by atoms with Crippen molar-refractivity contribution in [2.45, 2.75) is 72.5 Å². The number of aryl methyl sites for hydroxylation is 3. The third-order valence-corrected chi connectivity index (χ3v) is 8.14. The molecule has 1 atom stereocenters. The molecule has 0 spiro atoms. The van der Waals surface area contributed by atoms with Gasteiger partial charge in [0.25, 0.3) is 0 Å². The van der Waals surface area contributed by atoms with Gasteiger partial charge >= 0.3 is 0 Å². The van der Waals surface area contributed by atoms with Crippen LogP contribution in [0.15, 0.2) is 72.8 Å². The molecule has 0 aliphatic rings. The van der Waals surface area contributed by atoms with E-state index in [2.05, 4.69) is 5.32 Å². The fraction of sp³-hybridized carbons (Fsp3) is 0.394. The second kappa shape index (κ2) is 14.3. The average molecular weight is 578 g/mol. The van der Waals surface area contributed by atoms with E-state index in [0.29, 0.717) is 18.5 Å². The number of nitrogens with one attached hydrogen (secondary N) is 1. The predicted molar refractivity (Wildman–Crippen MR) is 166 cm³/mol. The normalized spacial score (nSPS) is 12.2. The molecule has 0 aliphatic carbocycles. The molecule has 3 aromatic carbocycles. The van der Waals surface area contributed by atoms with Crippen LogP contribution in [-0.4, -0.2) is 50.0 Å². The highest BCUT2D eigenvalue weighted by Crippen LogP contribution is 2.25. The van der Waals surface area contributed by atoms with Crippen LogP contribution in [0.2, 0.25) is 0 Å². The maximum Gasteiger partial charge on any atom is 0.243 e. The van der Waals surface area contributed by atoms with Crippen LogP contribution in [-0.2, 0) is 32.6 Å². The third kappa shape index (κ3) is 9.46. The lowest BCUT2D eigenvalue weighted by Gasteiger charge is -2.32. The zero-order chi connectivity index (χ0) is 30.2. The number of sulfonamides is 1. The number of carbonyl (C=O) groups excluding carboxylic acids is 2. The van der Waals surface area contributed by atoms with E-state index in [4.69, 9.17) is 0 Å². The van der Waals surface area contributed by atoms with Crippen molar-refractivity contribution in [2.24, 2.45) is 0 Å². The van der Waals surface area contributed by atoms with Crippen LogP contribution in [0.1, 0.15) is 54.5 Å². The van der Waals surface area contributed by atoms with E-state index in [1.165, 1.54) is 10.6 Å². The molecule has 3 aromatic rings. The van der Waals surface area contributed by atoms with Crippen LogP contribution in [0.3, 0.4) is 0 Å². The lowest BCUT2D eigenvalue weighted by Crippen LogP contribution is -2.51. The first kappa shape index (κ1) is 31.9. The molecule has 0 fully saturated rings. The molecular formula is C33H43N3O4S. The van der Waals surface area contributed by atoms with E-state index in [1.54, 1.807) is 4.90 Å². The van der Waals surface area contributed by atoms with E-state index in [9.17, 15) is 18.0 Å². The lowest BCUT2D eigenvalue weighted by atomic mass is 10.0. The minimum Gasteiger partial charge on any atom is -0.352 e. The van der Waals surface area contributed by atoms with Gasteiger partial charge in [-0.2, -0.15) is 0 Å². The highest BCUT2D eigenvalue weighted by Gasteiger charge is 2.31. The first-order valence-corrected chi connectivity index (χ1v) is 15.9. The summed E-state index contributed by atoms with van der Waals surface area (Å²) < 4.78 is 26.9. The highest BCUT2D eigenvalue weighted by molar-refractivity contribution is 7.92. The van der Waals surface area contributed by atoms with Crippen LogP contribution < -0.4 is 9.62 Å². The molecule has 0 aromatic heterocycles. The highest BCUT2D eigenvalue weighted by atomic mass is 32.2.